The van der Waals surface area contributed by atoms with Gasteiger partial charge in [0, 0.05) is 33.9 Å². The highest BCUT2D eigenvalue weighted by molar-refractivity contribution is 8.13. The average Bonchev–Trinajstić information content (AvgIpc) is 2.75. The summed E-state index contributed by atoms with van der Waals surface area (Å²) in [5.41, 5.74) is 0.638. The predicted molar refractivity (Wildman–Crippen MR) is 79.0 cm³/mol. The van der Waals surface area contributed by atoms with Gasteiger partial charge in [-0.1, -0.05) is 11.6 Å². The van der Waals surface area contributed by atoms with Crippen LogP contribution in [0.3, 0.4) is 0 Å². The van der Waals surface area contributed by atoms with Crippen molar-refractivity contribution in [2.75, 3.05) is 6.54 Å². The van der Waals surface area contributed by atoms with Gasteiger partial charge < -0.3 is 4.90 Å². The normalized spacial score (nSPS) is 19.4. The number of nitrogens with zero attached hydrogens (tertiary/aromatic N) is 1. The molecular formula is C13H15Cl2NO3S. The molecule has 4 nitrogen and oxygen atoms in total. The van der Waals surface area contributed by atoms with Crippen molar-refractivity contribution in [3.8, 4) is 0 Å². The van der Waals surface area contributed by atoms with Gasteiger partial charge in [0.05, 0.1) is 4.90 Å². The number of carbonyl (C=O) groups excluding carboxylic acids is 1. The number of halogens is 2. The molecule has 0 bridgehead atoms. The molecule has 0 spiro atoms. The summed E-state index contributed by atoms with van der Waals surface area (Å²) < 4.78 is 23.1. The maximum Gasteiger partial charge on any atom is 0.261 e. The van der Waals surface area contributed by atoms with Gasteiger partial charge in [-0.05, 0) is 44.4 Å². The van der Waals surface area contributed by atoms with Gasteiger partial charge in [-0.2, -0.15) is 0 Å². The van der Waals surface area contributed by atoms with Crippen LogP contribution in [0.2, 0.25) is 5.02 Å². The third-order valence-electron chi connectivity index (χ3n) is 3.63. The summed E-state index contributed by atoms with van der Waals surface area (Å²) in [7, 11) is 1.46. The summed E-state index contributed by atoms with van der Waals surface area (Å²) in [5, 5.41) is 0.185. The Labute approximate surface area is 128 Å². The average molecular weight is 336 g/mol. The lowest BCUT2D eigenvalue weighted by atomic mass is 10.1. The van der Waals surface area contributed by atoms with Crippen molar-refractivity contribution < 1.29 is 13.2 Å². The molecule has 1 aromatic carbocycles. The lowest BCUT2D eigenvalue weighted by Gasteiger charge is -2.23. The van der Waals surface area contributed by atoms with Gasteiger partial charge >= 0.3 is 0 Å². The second kappa shape index (κ2) is 5.54. The van der Waals surface area contributed by atoms with Gasteiger partial charge in [0.15, 0.2) is 0 Å². The molecule has 0 N–H and O–H groups in total. The highest BCUT2D eigenvalue weighted by Gasteiger charge is 2.29. The molecule has 7 heteroatoms. The second-order valence-corrected chi connectivity index (χ2v) is 7.97. The summed E-state index contributed by atoms with van der Waals surface area (Å²) >= 11 is 5.92. The van der Waals surface area contributed by atoms with Crippen molar-refractivity contribution in [3.05, 3.63) is 28.3 Å². The summed E-state index contributed by atoms with van der Waals surface area (Å²) in [6, 6.07) is 2.91. The minimum atomic E-state index is -3.93. The number of amides is 1. The van der Waals surface area contributed by atoms with E-state index in [-0.39, 0.29) is 21.9 Å². The fourth-order valence-corrected chi connectivity index (χ4v) is 4.03. The third-order valence-corrected chi connectivity index (χ3v) is 5.30. The standard InChI is InChI=1S/C13H15Cl2NO3S/c1-8-4-3-5-16(8)13(17)11-6-10(14)7-12(9(11)2)20(15,18)19/h6-8H,3-5H2,1-2H3. The highest BCUT2D eigenvalue weighted by Crippen LogP contribution is 2.29. The van der Waals surface area contributed by atoms with E-state index >= 15 is 0 Å². The zero-order valence-corrected chi connectivity index (χ0v) is 13.5. The maximum absolute atomic E-state index is 12.5. The Balaban J connectivity index is 2.52. The lowest BCUT2D eigenvalue weighted by molar-refractivity contribution is 0.0746. The first-order chi connectivity index (χ1) is 9.21. The predicted octanol–water partition coefficient (Wildman–Crippen LogP) is 3.20. The summed E-state index contributed by atoms with van der Waals surface area (Å²) in [6.07, 6.45) is 1.90. The Hall–Kier alpha value is -0.780. The first kappa shape index (κ1) is 15.6. The molecule has 1 aliphatic heterocycles. The van der Waals surface area contributed by atoms with E-state index in [0.717, 1.165) is 12.8 Å². The zero-order chi connectivity index (χ0) is 15.1. The van der Waals surface area contributed by atoms with Crippen LogP contribution < -0.4 is 0 Å². The van der Waals surface area contributed by atoms with Crippen LogP contribution >= 0.6 is 22.3 Å². The summed E-state index contributed by atoms with van der Waals surface area (Å²) in [4.78, 5) is 14.2. The van der Waals surface area contributed by atoms with Crippen LogP contribution in [0.1, 0.15) is 35.7 Å². The van der Waals surface area contributed by atoms with Gasteiger partial charge in [-0.25, -0.2) is 8.42 Å². The van der Waals surface area contributed by atoms with Crippen molar-refractivity contribution in [1.29, 1.82) is 0 Å². The van der Waals surface area contributed by atoms with Crippen molar-refractivity contribution >= 4 is 37.2 Å². The lowest BCUT2D eigenvalue weighted by Crippen LogP contribution is -2.34. The molecule has 1 unspecified atom stereocenters. The van der Waals surface area contributed by atoms with Gasteiger partial charge in [-0.15, -0.1) is 0 Å². The topological polar surface area (TPSA) is 54.5 Å². The Kier molecular flexibility index (Phi) is 4.33. The molecule has 0 aliphatic carbocycles. The number of benzene rings is 1. The summed E-state index contributed by atoms with van der Waals surface area (Å²) in [5.74, 6) is -0.198. The quantitative estimate of drug-likeness (QED) is 0.780. The van der Waals surface area contributed by atoms with Crippen molar-refractivity contribution in [3.63, 3.8) is 0 Å². The fraction of sp³-hybridized carbons (Fsp3) is 0.462. The van der Waals surface area contributed by atoms with E-state index in [1.165, 1.54) is 12.1 Å². The Bertz CT molecular complexity index is 658. The van der Waals surface area contributed by atoms with Crippen LogP contribution in [0.25, 0.3) is 0 Å². The molecule has 1 amide bonds. The number of likely N-dealkylation sites (tertiary alicyclic amines) is 1. The maximum atomic E-state index is 12.5. The van der Waals surface area contributed by atoms with Crippen LogP contribution in [-0.4, -0.2) is 31.8 Å². The number of hydrogen-bond acceptors (Lipinski definition) is 3. The van der Waals surface area contributed by atoms with Gasteiger partial charge in [-0.3, -0.25) is 4.79 Å². The monoisotopic (exact) mass is 335 g/mol. The third kappa shape index (κ3) is 2.95. The van der Waals surface area contributed by atoms with Crippen LogP contribution in [0, 0.1) is 6.92 Å². The minimum Gasteiger partial charge on any atom is -0.336 e. The molecule has 20 heavy (non-hydrogen) atoms. The molecule has 0 aromatic heterocycles. The largest absolute Gasteiger partial charge is 0.336 e. The van der Waals surface area contributed by atoms with Crippen LogP contribution in [-0.2, 0) is 9.05 Å². The van der Waals surface area contributed by atoms with Crippen molar-refractivity contribution in [2.45, 2.75) is 37.6 Å². The SMILES string of the molecule is Cc1c(C(=O)N2CCCC2C)cc(Cl)cc1S(=O)(=O)Cl. The fourth-order valence-electron chi connectivity index (χ4n) is 2.52. The minimum absolute atomic E-state index is 0.109. The van der Waals surface area contributed by atoms with Gasteiger partial charge in [0.1, 0.15) is 0 Å². The molecule has 0 radical (unpaired) electrons. The molecule has 2 rings (SSSR count). The highest BCUT2D eigenvalue weighted by atomic mass is 35.7. The Morgan fingerprint density at radius 1 is 1.40 bits per heavy atom. The second-order valence-electron chi connectivity index (χ2n) is 5.00. The number of rotatable bonds is 2. The first-order valence-corrected chi connectivity index (χ1v) is 8.96. The van der Waals surface area contributed by atoms with Crippen LogP contribution in [0.4, 0.5) is 0 Å². The van der Waals surface area contributed by atoms with E-state index in [9.17, 15) is 13.2 Å². The molecule has 1 heterocycles. The van der Waals surface area contributed by atoms with Crippen LogP contribution in [0.5, 0.6) is 0 Å². The van der Waals surface area contributed by atoms with Crippen LogP contribution in [0.15, 0.2) is 17.0 Å². The molecule has 1 aromatic rings. The molecule has 1 saturated heterocycles. The van der Waals surface area contributed by atoms with E-state index in [2.05, 4.69) is 0 Å². The molecule has 110 valence electrons. The number of carbonyl (C=O) groups is 1. The summed E-state index contributed by atoms with van der Waals surface area (Å²) in [6.45, 7) is 4.22. The van der Waals surface area contributed by atoms with Gasteiger partial charge in [0.25, 0.3) is 15.0 Å². The zero-order valence-electron chi connectivity index (χ0n) is 11.2. The van der Waals surface area contributed by atoms with E-state index in [1.54, 1.807) is 11.8 Å². The van der Waals surface area contributed by atoms with Crippen molar-refractivity contribution in [1.82, 2.24) is 4.90 Å². The van der Waals surface area contributed by atoms with E-state index in [0.29, 0.717) is 17.7 Å². The molecule has 1 aliphatic rings. The van der Waals surface area contributed by atoms with E-state index < -0.39 is 9.05 Å². The Morgan fingerprint density at radius 2 is 2.05 bits per heavy atom. The smallest absolute Gasteiger partial charge is 0.261 e. The molecule has 1 atom stereocenters. The molecule has 1 fully saturated rings. The first-order valence-electron chi connectivity index (χ1n) is 6.27. The molecule has 0 saturated carbocycles. The number of hydrogen-bond donors (Lipinski definition) is 0. The van der Waals surface area contributed by atoms with E-state index in [1.807, 2.05) is 6.92 Å². The van der Waals surface area contributed by atoms with Gasteiger partial charge in [0.2, 0.25) is 0 Å². The molecular weight excluding hydrogens is 321 g/mol. The Morgan fingerprint density at radius 3 is 2.55 bits per heavy atom. The van der Waals surface area contributed by atoms with E-state index in [4.69, 9.17) is 22.3 Å². The van der Waals surface area contributed by atoms with Crippen molar-refractivity contribution in [2.24, 2.45) is 0 Å².